The van der Waals surface area contributed by atoms with Gasteiger partial charge in [0.25, 0.3) is 0 Å². The number of hydrogen-bond donors (Lipinski definition) is 2. The zero-order chi connectivity index (χ0) is 16.3. The quantitative estimate of drug-likeness (QED) is 0.900. The molecule has 1 atom stereocenters. The van der Waals surface area contributed by atoms with Gasteiger partial charge in [-0.2, -0.15) is 0 Å². The van der Waals surface area contributed by atoms with Crippen LogP contribution in [0, 0.1) is 5.92 Å². The van der Waals surface area contributed by atoms with E-state index in [1.807, 2.05) is 32.9 Å². The number of urea groups is 1. The third kappa shape index (κ3) is 4.13. The minimum absolute atomic E-state index is 0.240. The maximum Gasteiger partial charge on any atom is 0.321 e. The first-order valence-electron chi connectivity index (χ1n) is 7.33. The van der Waals surface area contributed by atoms with E-state index in [1.54, 1.807) is 12.1 Å². The van der Waals surface area contributed by atoms with Crippen LogP contribution in [0.25, 0.3) is 0 Å². The Labute approximate surface area is 130 Å². The summed E-state index contributed by atoms with van der Waals surface area (Å²) in [6, 6.07) is 6.92. The number of carboxylic acid groups (broad SMARTS) is 1. The molecule has 1 saturated heterocycles. The molecule has 1 aromatic rings. The maximum atomic E-state index is 12.3. The molecule has 0 radical (unpaired) electrons. The molecule has 1 aliphatic rings. The number of ether oxygens (including phenoxy) is 1. The number of amides is 2. The Morgan fingerprint density at radius 2 is 2.00 bits per heavy atom. The van der Waals surface area contributed by atoms with Gasteiger partial charge in [0, 0.05) is 13.1 Å². The van der Waals surface area contributed by atoms with Crippen LogP contribution in [-0.2, 0) is 4.79 Å². The monoisotopic (exact) mass is 306 g/mol. The van der Waals surface area contributed by atoms with E-state index in [2.05, 4.69) is 5.32 Å². The molecule has 0 saturated carbocycles. The van der Waals surface area contributed by atoms with Crippen LogP contribution >= 0.6 is 0 Å². The Morgan fingerprint density at radius 3 is 2.59 bits per heavy atom. The van der Waals surface area contributed by atoms with Crippen molar-refractivity contribution < 1.29 is 19.4 Å². The Hall–Kier alpha value is -2.24. The number of carboxylic acids is 1. The van der Waals surface area contributed by atoms with E-state index in [0.717, 1.165) is 0 Å². The second-order valence-electron chi connectivity index (χ2n) is 6.41. The number of nitrogens with zero attached hydrogens (tertiary/aromatic N) is 1. The van der Waals surface area contributed by atoms with Gasteiger partial charge in [0.15, 0.2) is 0 Å². The maximum absolute atomic E-state index is 12.3. The Balaban J connectivity index is 2.05. The van der Waals surface area contributed by atoms with E-state index in [1.165, 1.54) is 4.90 Å². The van der Waals surface area contributed by atoms with Crippen molar-refractivity contribution in [3.05, 3.63) is 24.3 Å². The Morgan fingerprint density at radius 1 is 1.32 bits per heavy atom. The SMILES string of the molecule is CC(C)(C)Oc1ccccc1NC(=O)N1CCC(C(=O)O)C1. The number of carbonyl (C=O) groups is 2. The standard InChI is InChI=1S/C16H22N2O4/c1-16(2,3)22-13-7-5-4-6-12(13)17-15(21)18-9-8-11(10-18)14(19)20/h4-7,11H,8-10H2,1-3H3,(H,17,21)(H,19,20). The highest BCUT2D eigenvalue weighted by atomic mass is 16.5. The smallest absolute Gasteiger partial charge is 0.321 e. The molecule has 2 N–H and O–H groups in total. The molecule has 1 unspecified atom stereocenters. The van der Waals surface area contributed by atoms with Crippen LogP contribution in [0.1, 0.15) is 27.2 Å². The van der Waals surface area contributed by atoms with Gasteiger partial charge in [-0.05, 0) is 39.3 Å². The number of hydrogen-bond acceptors (Lipinski definition) is 3. The van der Waals surface area contributed by atoms with Gasteiger partial charge >= 0.3 is 12.0 Å². The van der Waals surface area contributed by atoms with Gasteiger partial charge in [-0.3, -0.25) is 4.79 Å². The number of aliphatic carboxylic acids is 1. The highest BCUT2D eigenvalue weighted by Gasteiger charge is 2.31. The minimum atomic E-state index is -0.855. The second-order valence-corrected chi connectivity index (χ2v) is 6.41. The normalized spacial score (nSPS) is 18.1. The number of rotatable bonds is 3. The molecule has 1 aromatic carbocycles. The van der Waals surface area contributed by atoms with E-state index in [9.17, 15) is 9.59 Å². The minimum Gasteiger partial charge on any atom is -0.486 e. The first-order chi connectivity index (χ1) is 10.3. The van der Waals surface area contributed by atoms with Crippen molar-refractivity contribution in [1.82, 2.24) is 4.90 Å². The molecule has 2 rings (SSSR count). The van der Waals surface area contributed by atoms with E-state index < -0.39 is 11.9 Å². The number of carbonyl (C=O) groups excluding carboxylic acids is 1. The van der Waals surface area contributed by atoms with Gasteiger partial charge < -0.3 is 20.1 Å². The number of benzene rings is 1. The van der Waals surface area contributed by atoms with Gasteiger partial charge in [0.2, 0.25) is 0 Å². The molecule has 1 heterocycles. The first-order valence-corrected chi connectivity index (χ1v) is 7.33. The fraction of sp³-hybridized carbons (Fsp3) is 0.500. The zero-order valence-corrected chi connectivity index (χ0v) is 13.1. The van der Waals surface area contributed by atoms with Crippen molar-refractivity contribution in [2.24, 2.45) is 5.92 Å². The first kappa shape index (κ1) is 16.1. The summed E-state index contributed by atoms with van der Waals surface area (Å²) >= 11 is 0. The van der Waals surface area contributed by atoms with Gasteiger partial charge in [0.1, 0.15) is 11.4 Å². The lowest BCUT2D eigenvalue weighted by atomic mass is 10.1. The summed E-state index contributed by atoms with van der Waals surface area (Å²) in [7, 11) is 0. The molecular weight excluding hydrogens is 284 g/mol. The van der Waals surface area contributed by atoms with Crippen molar-refractivity contribution in [2.75, 3.05) is 18.4 Å². The molecule has 120 valence electrons. The Kier molecular flexibility index (Phi) is 4.59. The lowest BCUT2D eigenvalue weighted by Crippen LogP contribution is -2.34. The van der Waals surface area contributed by atoms with E-state index in [0.29, 0.717) is 24.4 Å². The lowest BCUT2D eigenvalue weighted by Gasteiger charge is -2.24. The van der Waals surface area contributed by atoms with Crippen molar-refractivity contribution in [3.63, 3.8) is 0 Å². The summed E-state index contributed by atoms with van der Waals surface area (Å²) in [5.41, 5.74) is 0.212. The molecule has 1 aliphatic heterocycles. The average molecular weight is 306 g/mol. The lowest BCUT2D eigenvalue weighted by molar-refractivity contribution is -0.141. The fourth-order valence-corrected chi connectivity index (χ4v) is 2.33. The molecule has 2 amide bonds. The third-order valence-corrected chi connectivity index (χ3v) is 3.37. The predicted molar refractivity (Wildman–Crippen MR) is 83.2 cm³/mol. The molecule has 0 spiro atoms. The molecule has 0 bridgehead atoms. The summed E-state index contributed by atoms with van der Waals surface area (Å²) in [6.07, 6.45) is 0.489. The van der Waals surface area contributed by atoms with Crippen LogP contribution < -0.4 is 10.1 Å². The van der Waals surface area contributed by atoms with Crippen LogP contribution in [0.15, 0.2) is 24.3 Å². The van der Waals surface area contributed by atoms with Gasteiger partial charge in [-0.25, -0.2) is 4.79 Å². The molecule has 22 heavy (non-hydrogen) atoms. The van der Waals surface area contributed by atoms with Gasteiger partial charge in [0.05, 0.1) is 11.6 Å². The van der Waals surface area contributed by atoms with Crippen molar-refractivity contribution in [2.45, 2.75) is 32.8 Å². The topological polar surface area (TPSA) is 78.9 Å². The largest absolute Gasteiger partial charge is 0.486 e. The summed E-state index contributed by atoms with van der Waals surface area (Å²) in [6.45, 7) is 6.49. The number of nitrogens with one attached hydrogen (secondary N) is 1. The van der Waals surface area contributed by atoms with Crippen molar-refractivity contribution in [1.29, 1.82) is 0 Å². The Bertz CT molecular complexity index is 566. The average Bonchev–Trinajstić information content (AvgIpc) is 2.89. The van der Waals surface area contributed by atoms with E-state index in [4.69, 9.17) is 9.84 Å². The summed E-state index contributed by atoms with van der Waals surface area (Å²) in [4.78, 5) is 24.7. The molecule has 1 fully saturated rings. The molecule has 6 nitrogen and oxygen atoms in total. The van der Waals surface area contributed by atoms with Crippen LogP contribution in [0.2, 0.25) is 0 Å². The third-order valence-electron chi connectivity index (χ3n) is 3.37. The van der Waals surface area contributed by atoms with Crippen LogP contribution in [0.3, 0.4) is 0 Å². The second kappa shape index (κ2) is 6.25. The predicted octanol–water partition coefficient (Wildman–Crippen LogP) is 2.80. The molecule has 0 aromatic heterocycles. The van der Waals surface area contributed by atoms with Gasteiger partial charge in [-0.1, -0.05) is 12.1 Å². The fourth-order valence-electron chi connectivity index (χ4n) is 2.33. The zero-order valence-electron chi connectivity index (χ0n) is 13.1. The summed E-state index contributed by atoms with van der Waals surface area (Å²) in [5, 5.41) is 11.8. The van der Waals surface area contributed by atoms with E-state index in [-0.39, 0.29) is 18.2 Å². The number of anilines is 1. The van der Waals surface area contributed by atoms with E-state index >= 15 is 0 Å². The number of likely N-dealkylation sites (tertiary alicyclic amines) is 1. The molecule has 6 heteroatoms. The summed E-state index contributed by atoms with van der Waals surface area (Å²) in [5.74, 6) is -0.740. The van der Waals surface area contributed by atoms with Crippen LogP contribution in [-0.4, -0.2) is 40.7 Å². The summed E-state index contributed by atoms with van der Waals surface area (Å²) < 4.78 is 5.83. The van der Waals surface area contributed by atoms with Crippen molar-refractivity contribution >= 4 is 17.7 Å². The molecule has 0 aliphatic carbocycles. The van der Waals surface area contributed by atoms with Crippen molar-refractivity contribution in [3.8, 4) is 5.75 Å². The molecular formula is C16H22N2O4. The highest BCUT2D eigenvalue weighted by Crippen LogP contribution is 2.28. The van der Waals surface area contributed by atoms with Crippen LogP contribution in [0.5, 0.6) is 5.75 Å². The number of para-hydroxylation sites is 2. The van der Waals surface area contributed by atoms with Crippen LogP contribution in [0.4, 0.5) is 10.5 Å². The highest BCUT2D eigenvalue weighted by molar-refractivity contribution is 5.91. The van der Waals surface area contributed by atoms with Gasteiger partial charge in [-0.15, -0.1) is 0 Å².